The van der Waals surface area contributed by atoms with Crippen molar-refractivity contribution in [3.63, 3.8) is 0 Å². The van der Waals surface area contributed by atoms with E-state index < -0.39 is 0 Å². The molecular weight excluding hydrogens is 378 g/mol. The Balaban J connectivity index is 1.93. The number of ether oxygens (including phenoxy) is 2. The third kappa shape index (κ3) is 7.73. The Labute approximate surface area is 178 Å². The van der Waals surface area contributed by atoms with E-state index in [2.05, 4.69) is 6.07 Å². The highest BCUT2D eigenvalue weighted by atomic mass is 16.5. The number of carbonyl (C=O) groups excluding carboxylic acids is 1. The number of hydrogen-bond acceptors (Lipinski definition) is 5. The first-order valence-electron chi connectivity index (χ1n) is 10.3. The zero-order valence-corrected chi connectivity index (χ0v) is 17.5. The van der Waals surface area contributed by atoms with Crippen molar-refractivity contribution in [1.82, 2.24) is 0 Å². The first-order valence-corrected chi connectivity index (χ1v) is 10.3. The molecule has 0 atom stereocenters. The second kappa shape index (κ2) is 13.2. The van der Waals surface area contributed by atoms with Crippen LogP contribution in [0.2, 0.25) is 0 Å². The standard InChI is InChI=1S/C25H29NO4/c1-29-25-16-21(19-28)15-22(17-25)23(18-26)14-20-8-10-24(11-9-20)30-13-7-5-3-2-4-6-12-27/h8-11,14-17,19,27H,2-7,12-13H2,1H3/b23-14+. The van der Waals surface area contributed by atoms with Gasteiger partial charge in [-0.1, -0.05) is 37.8 Å². The molecule has 30 heavy (non-hydrogen) atoms. The third-order valence-corrected chi connectivity index (χ3v) is 4.74. The topological polar surface area (TPSA) is 79.6 Å². The van der Waals surface area contributed by atoms with Gasteiger partial charge in [0, 0.05) is 12.2 Å². The summed E-state index contributed by atoms with van der Waals surface area (Å²) in [6.45, 7) is 0.959. The lowest BCUT2D eigenvalue weighted by Gasteiger charge is -2.07. The lowest BCUT2D eigenvalue weighted by atomic mass is 10.0. The molecule has 0 bridgehead atoms. The average Bonchev–Trinajstić information content (AvgIpc) is 2.79. The Morgan fingerprint density at radius 2 is 1.67 bits per heavy atom. The normalized spacial score (nSPS) is 11.0. The van der Waals surface area contributed by atoms with Gasteiger partial charge in [-0.3, -0.25) is 4.79 Å². The van der Waals surface area contributed by atoms with Crippen molar-refractivity contribution in [3.8, 4) is 17.6 Å². The molecule has 2 rings (SSSR count). The summed E-state index contributed by atoms with van der Waals surface area (Å²) >= 11 is 0. The van der Waals surface area contributed by atoms with Gasteiger partial charge >= 0.3 is 0 Å². The molecule has 2 aromatic carbocycles. The number of aldehydes is 1. The van der Waals surface area contributed by atoms with E-state index >= 15 is 0 Å². The number of rotatable bonds is 13. The van der Waals surface area contributed by atoms with E-state index in [9.17, 15) is 10.1 Å². The lowest BCUT2D eigenvalue weighted by molar-refractivity contribution is 0.112. The van der Waals surface area contributed by atoms with Crippen LogP contribution in [-0.2, 0) is 0 Å². The van der Waals surface area contributed by atoms with Gasteiger partial charge in [-0.2, -0.15) is 5.26 Å². The fourth-order valence-corrected chi connectivity index (χ4v) is 3.08. The Kier molecular flexibility index (Phi) is 10.2. The third-order valence-electron chi connectivity index (χ3n) is 4.74. The van der Waals surface area contributed by atoms with Crippen molar-refractivity contribution >= 4 is 17.9 Å². The van der Waals surface area contributed by atoms with Gasteiger partial charge in [0.25, 0.3) is 0 Å². The highest BCUT2D eigenvalue weighted by Gasteiger charge is 2.06. The van der Waals surface area contributed by atoms with Crippen molar-refractivity contribution in [2.75, 3.05) is 20.3 Å². The molecule has 0 saturated heterocycles. The smallest absolute Gasteiger partial charge is 0.150 e. The predicted octanol–water partition coefficient (Wildman–Crippen LogP) is 5.28. The number of allylic oxidation sites excluding steroid dienone is 1. The lowest BCUT2D eigenvalue weighted by Crippen LogP contribution is -1.97. The molecule has 0 heterocycles. The summed E-state index contributed by atoms with van der Waals surface area (Å²) in [4.78, 5) is 11.1. The summed E-state index contributed by atoms with van der Waals surface area (Å²) in [5.74, 6) is 1.34. The Morgan fingerprint density at radius 3 is 2.30 bits per heavy atom. The SMILES string of the molecule is COc1cc(C=O)cc(/C(C#N)=C/c2ccc(OCCCCCCCCO)cc2)c1. The quantitative estimate of drug-likeness (QED) is 0.211. The van der Waals surface area contributed by atoms with Crippen molar-refractivity contribution < 1.29 is 19.4 Å². The van der Waals surface area contributed by atoms with Gasteiger partial charge < -0.3 is 14.6 Å². The fourth-order valence-electron chi connectivity index (χ4n) is 3.08. The molecule has 5 nitrogen and oxygen atoms in total. The molecule has 5 heteroatoms. The molecule has 0 unspecified atom stereocenters. The fraction of sp³-hybridized carbons (Fsp3) is 0.360. The summed E-state index contributed by atoms with van der Waals surface area (Å²) < 4.78 is 11.0. The molecule has 0 saturated carbocycles. The van der Waals surface area contributed by atoms with Crippen LogP contribution < -0.4 is 9.47 Å². The minimum Gasteiger partial charge on any atom is -0.497 e. The van der Waals surface area contributed by atoms with Gasteiger partial charge in [-0.25, -0.2) is 0 Å². The predicted molar refractivity (Wildman–Crippen MR) is 119 cm³/mol. The first kappa shape index (κ1) is 23.2. The van der Waals surface area contributed by atoms with E-state index in [0.29, 0.717) is 29.1 Å². The molecule has 0 aromatic heterocycles. The zero-order chi connectivity index (χ0) is 21.6. The molecule has 0 aliphatic carbocycles. The van der Waals surface area contributed by atoms with Gasteiger partial charge in [0.1, 0.15) is 17.8 Å². The summed E-state index contributed by atoms with van der Waals surface area (Å²) in [5.41, 5.74) is 2.42. The molecule has 158 valence electrons. The molecule has 0 fully saturated rings. The number of nitriles is 1. The van der Waals surface area contributed by atoms with Gasteiger partial charge in [0.15, 0.2) is 0 Å². The van der Waals surface area contributed by atoms with Crippen molar-refractivity contribution in [3.05, 3.63) is 59.2 Å². The van der Waals surface area contributed by atoms with Crippen molar-refractivity contribution in [2.24, 2.45) is 0 Å². The zero-order valence-electron chi connectivity index (χ0n) is 17.5. The van der Waals surface area contributed by atoms with Gasteiger partial charge in [-0.15, -0.1) is 0 Å². The Morgan fingerprint density at radius 1 is 0.967 bits per heavy atom. The van der Waals surface area contributed by atoms with E-state index in [0.717, 1.165) is 49.7 Å². The van der Waals surface area contributed by atoms with Crippen LogP contribution in [0.3, 0.4) is 0 Å². The van der Waals surface area contributed by atoms with E-state index in [1.54, 1.807) is 24.3 Å². The van der Waals surface area contributed by atoms with Crippen LogP contribution in [0.1, 0.15) is 60.0 Å². The maximum absolute atomic E-state index is 11.1. The highest BCUT2D eigenvalue weighted by Crippen LogP contribution is 2.24. The highest BCUT2D eigenvalue weighted by molar-refractivity contribution is 5.91. The van der Waals surface area contributed by atoms with E-state index in [-0.39, 0.29) is 6.61 Å². The molecule has 0 amide bonds. The number of benzene rings is 2. The number of aliphatic hydroxyl groups is 1. The summed E-state index contributed by atoms with van der Waals surface area (Å²) in [6, 6.07) is 14.8. The largest absolute Gasteiger partial charge is 0.497 e. The number of hydrogen-bond donors (Lipinski definition) is 1. The average molecular weight is 408 g/mol. The van der Waals surface area contributed by atoms with Gasteiger partial charge in [0.05, 0.1) is 25.4 Å². The van der Waals surface area contributed by atoms with Crippen LogP contribution in [0.4, 0.5) is 0 Å². The van der Waals surface area contributed by atoms with E-state index in [1.165, 1.54) is 13.5 Å². The number of methoxy groups -OCH3 is 1. The Hall–Kier alpha value is -3.10. The summed E-state index contributed by atoms with van der Waals surface area (Å²) in [5, 5.41) is 18.3. The minimum absolute atomic E-state index is 0.281. The molecule has 1 N–H and O–H groups in total. The van der Waals surface area contributed by atoms with Crippen LogP contribution in [0, 0.1) is 11.3 Å². The van der Waals surface area contributed by atoms with E-state index in [1.807, 2.05) is 24.3 Å². The van der Waals surface area contributed by atoms with Crippen LogP contribution in [0.5, 0.6) is 11.5 Å². The molecule has 0 aliphatic heterocycles. The number of unbranched alkanes of at least 4 members (excludes halogenated alkanes) is 5. The van der Waals surface area contributed by atoms with E-state index in [4.69, 9.17) is 14.6 Å². The van der Waals surface area contributed by atoms with Crippen LogP contribution in [0.15, 0.2) is 42.5 Å². The monoisotopic (exact) mass is 407 g/mol. The summed E-state index contributed by atoms with van der Waals surface area (Å²) in [7, 11) is 1.53. The molecule has 0 aliphatic rings. The Bertz CT molecular complexity index is 866. The first-order chi connectivity index (χ1) is 14.7. The number of carbonyl (C=O) groups is 1. The van der Waals surface area contributed by atoms with Crippen LogP contribution >= 0.6 is 0 Å². The second-order valence-corrected chi connectivity index (χ2v) is 7.04. The van der Waals surface area contributed by atoms with Crippen molar-refractivity contribution in [2.45, 2.75) is 38.5 Å². The molecule has 0 radical (unpaired) electrons. The summed E-state index contributed by atoms with van der Waals surface area (Å²) in [6.07, 6.45) is 8.95. The molecule has 2 aromatic rings. The van der Waals surface area contributed by atoms with Gasteiger partial charge in [-0.05, 0) is 60.4 Å². The number of aliphatic hydroxyl groups excluding tert-OH is 1. The minimum atomic E-state index is 0.281. The molecular formula is C25H29NO4. The van der Waals surface area contributed by atoms with Crippen LogP contribution in [-0.4, -0.2) is 31.7 Å². The second-order valence-electron chi connectivity index (χ2n) is 7.04. The maximum atomic E-state index is 11.1. The number of nitrogens with zero attached hydrogens (tertiary/aromatic N) is 1. The maximum Gasteiger partial charge on any atom is 0.150 e. The van der Waals surface area contributed by atoms with Crippen LogP contribution in [0.25, 0.3) is 11.6 Å². The van der Waals surface area contributed by atoms with Gasteiger partial charge in [0.2, 0.25) is 0 Å². The molecule has 0 spiro atoms. The van der Waals surface area contributed by atoms with Crippen molar-refractivity contribution in [1.29, 1.82) is 5.26 Å².